The molecule has 0 aromatic carbocycles. The second-order valence-electron chi connectivity index (χ2n) is 3.90. The van der Waals surface area contributed by atoms with E-state index in [0.29, 0.717) is 12.3 Å². The molecule has 0 fully saturated rings. The van der Waals surface area contributed by atoms with Crippen LogP contribution in [0.5, 0.6) is 0 Å². The summed E-state index contributed by atoms with van der Waals surface area (Å²) >= 11 is 5.38. The molecule has 126 valence electrons. The van der Waals surface area contributed by atoms with Crippen molar-refractivity contribution in [2.24, 2.45) is 0 Å². The van der Waals surface area contributed by atoms with Gasteiger partial charge < -0.3 is 0 Å². The zero-order chi connectivity index (χ0) is 17.6. The summed E-state index contributed by atoms with van der Waals surface area (Å²) in [7, 11) is -12.3. The molecule has 2 atom stereocenters. The van der Waals surface area contributed by atoms with E-state index >= 15 is 0 Å². The van der Waals surface area contributed by atoms with Crippen LogP contribution in [0.15, 0.2) is 18.3 Å². The SMILES string of the molecule is C=S(=O)(C(c1ccc(Cl)cn1)S(=O)(=O)C(F)(F)F)C(F)(F)F. The maximum Gasteiger partial charge on any atom is 0.498 e. The Morgan fingerprint density at radius 3 is 1.86 bits per heavy atom. The molecule has 0 saturated carbocycles. The number of sulfone groups is 1. The first-order valence-corrected chi connectivity index (χ1v) is 8.68. The molecule has 4 nitrogen and oxygen atoms in total. The van der Waals surface area contributed by atoms with Gasteiger partial charge in [-0.2, -0.15) is 26.3 Å². The highest BCUT2D eigenvalue weighted by Crippen LogP contribution is 2.44. The third kappa shape index (κ3) is 3.33. The lowest BCUT2D eigenvalue weighted by Gasteiger charge is -2.24. The Labute approximate surface area is 126 Å². The zero-order valence-electron chi connectivity index (χ0n) is 10.2. The fraction of sp³-hybridized carbons (Fsp3) is 0.333. The van der Waals surface area contributed by atoms with Crippen molar-refractivity contribution in [3.8, 4) is 0 Å². The van der Waals surface area contributed by atoms with Crippen molar-refractivity contribution in [1.82, 2.24) is 4.98 Å². The first kappa shape index (κ1) is 19.0. The van der Waals surface area contributed by atoms with Gasteiger partial charge >= 0.3 is 11.0 Å². The molecule has 22 heavy (non-hydrogen) atoms. The molecule has 0 spiro atoms. The van der Waals surface area contributed by atoms with Crippen LogP contribution in [0.4, 0.5) is 26.3 Å². The average molecular weight is 390 g/mol. The summed E-state index contributed by atoms with van der Waals surface area (Å²) in [6.45, 7) is 0. The van der Waals surface area contributed by atoms with E-state index in [0.717, 1.165) is 6.07 Å². The van der Waals surface area contributed by atoms with Gasteiger partial charge in [-0.05, 0) is 18.0 Å². The van der Waals surface area contributed by atoms with E-state index in [4.69, 9.17) is 11.6 Å². The highest BCUT2D eigenvalue weighted by Gasteiger charge is 2.60. The summed E-state index contributed by atoms with van der Waals surface area (Å²) in [4.78, 5) is 3.11. The van der Waals surface area contributed by atoms with Gasteiger partial charge in [0.15, 0.2) is 4.58 Å². The maximum absolute atomic E-state index is 12.7. The molecule has 0 aliphatic carbocycles. The van der Waals surface area contributed by atoms with Crippen LogP contribution < -0.4 is 0 Å². The molecule has 2 unspecified atom stereocenters. The van der Waals surface area contributed by atoms with Crippen molar-refractivity contribution >= 4 is 36.8 Å². The lowest BCUT2D eigenvalue weighted by atomic mass is 10.4. The van der Waals surface area contributed by atoms with E-state index in [9.17, 15) is 39.0 Å². The van der Waals surface area contributed by atoms with Gasteiger partial charge in [0.25, 0.3) is 9.84 Å². The Balaban J connectivity index is 3.73. The van der Waals surface area contributed by atoms with Gasteiger partial charge in [0.05, 0.1) is 20.2 Å². The second-order valence-corrected chi connectivity index (χ2v) is 9.04. The van der Waals surface area contributed by atoms with Crippen LogP contribution in [0.3, 0.4) is 0 Å². The molecular weight excluding hydrogens is 384 g/mol. The van der Waals surface area contributed by atoms with Crippen LogP contribution in [-0.4, -0.2) is 34.5 Å². The highest BCUT2D eigenvalue weighted by molar-refractivity contribution is 8.13. The van der Waals surface area contributed by atoms with E-state index in [1.807, 2.05) is 0 Å². The molecule has 0 aliphatic heterocycles. The summed E-state index contributed by atoms with van der Waals surface area (Å²) < 4.78 is 107. The van der Waals surface area contributed by atoms with Gasteiger partial charge in [0.1, 0.15) is 0 Å². The number of halogens is 7. The molecule has 1 heterocycles. The minimum atomic E-state index is -6.51. The highest BCUT2D eigenvalue weighted by atomic mass is 35.5. The van der Waals surface area contributed by atoms with Crippen LogP contribution in [0.25, 0.3) is 0 Å². The Kier molecular flexibility index (Phi) is 4.82. The Bertz CT molecular complexity index is 708. The zero-order valence-corrected chi connectivity index (χ0v) is 12.5. The van der Waals surface area contributed by atoms with Crippen molar-refractivity contribution in [3.63, 3.8) is 0 Å². The minimum absolute atomic E-state index is 0.172. The van der Waals surface area contributed by atoms with Gasteiger partial charge in [0.2, 0.25) is 0 Å². The molecule has 1 aromatic heterocycles. The summed E-state index contributed by atoms with van der Waals surface area (Å²) in [5, 5.41) is -0.172. The van der Waals surface area contributed by atoms with E-state index in [2.05, 4.69) is 10.9 Å². The quantitative estimate of drug-likeness (QED) is 0.589. The molecule has 0 N–H and O–H groups in total. The largest absolute Gasteiger partial charge is 0.498 e. The minimum Gasteiger partial charge on any atom is -0.258 e. The molecule has 0 bridgehead atoms. The smallest absolute Gasteiger partial charge is 0.258 e. The van der Waals surface area contributed by atoms with Crippen molar-refractivity contribution in [1.29, 1.82) is 0 Å². The van der Waals surface area contributed by atoms with Gasteiger partial charge in [-0.25, -0.2) is 8.42 Å². The fourth-order valence-corrected chi connectivity index (χ4v) is 5.20. The number of pyridine rings is 1. The lowest BCUT2D eigenvalue weighted by Crippen LogP contribution is -2.39. The number of aromatic nitrogens is 1. The third-order valence-corrected chi connectivity index (χ3v) is 7.42. The van der Waals surface area contributed by atoms with Gasteiger partial charge in [0, 0.05) is 6.20 Å². The molecule has 0 radical (unpaired) electrons. The number of hydrogen-bond acceptors (Lipinski definition) is 4. The van der Waals surface area contributed by atoms with Gasteiger partial charge in [-0.3, -0.25) is 9.19 Å². The summed E-state index contributed by atoms with van der Waals surface area (Å²) in [5.74, 6) is 2.17. The van der Waals surface area contributed by atoms with E-state index in [1.165, 1.54) is 0 Å². The molecule has 1 aromatic rings. The van der Waals surface area contributed by atoms with E-state index < -0.39 is 40.7 Å². The van der Waals surface area contributed by atoms with E-state index in [-0.39, 0.29) is 5.02 Å². The van der Waals surface area contributed by atoms with Crippen molar-refractivity contribution in [2.75, 3.05) is 0 Å². The van der Waals surface area contributed by atoms with Crippen molar-refractivity contribution in [2.45, 2.75) is 15.6 Å². The monoisotopic (exact) mass is 389 g/mol. The van der Waals surface area contributed by atoms with Gasteiger partial charge in [-0.1, -0.05) is 11.6 Å². The lowest BCUT2D eigenvalue weighted by molar-refractivity contribution is -0.0454. The molecular formula is C9H6ClF6NO3S2. The van der Waals surface area contributed by atoms with Crippen LogP contribution >= 0.6 is 11.6 Å². The average Bonchev–Trinajstić information content (AvgIpc) is 2.28. The molecule has 13 heteroatoms. The van der Waals surface area contributed by atoms with Crippen LogP contribution in [0.1, 0.15) is 10.3 Å². The number of nitrogens with zero attached hydrogens (tertiary/aromatic N) is 1. The van der Waals surface area contributed by atoms with E-state index in [1.54, 1.807) is 0 Å². The number of rotatable bonds is 3. The predicted molar refractivity (Wildman–Crippen MR) is 68.3 cm³/mol. The van der Waals surface area contributed by atoms with Crippen LogP contribution in [0, 0.1) is 0 Å². The first-order chi connectivity index (χ1) is 9.62. The molecule has 1 rings (SSSR count). The summed E-state index contributed by atoms with van der Waals surface area (Å²) in [6.07, 6.45) is 0.627. The summed E-state index contributed by atoms with van der Waals surface area (Å²) in [6, 6.07) is 1.32. The van der Waals surface area contributed by atoms with Crippen LogP contribution in [0.2, 0.25) is 5.02 Å². The maximum atomic E-state index is 12.7. The fourth-order valence-electron chi connectivity index (χ4n) is 1.33. The van der Waals surface area contributed by atoms with Crippen LogP contribution in [-0.2, 0) is 19.4 Å². The predicted octanol–water partition coefficient (Wildman–Crippen LogP) is 2.90. The Hall–Kier alpha value is -1.01. The van der Waals surface area contributed by atoms with Crippen molar-refractivity contribution < 1.29 is 39.0 Å². The van der Waals surface area contributed by atoms with Crippen molar-refractivity contribution in [3.05, 3.63) is 29.0 Å². The molecule has 0 saturated heterocycles. The molecule has 0 amide bonds. The Morgan fingerprint density at radius 1 is 1.05 bits per heavy atom. The van der Waals surface area contributed by atoms with Gasteiger partial charge in [-0.15, -0.1) is 0 Å². The number of alkyl halides is 6. The standard InChI is InChI=1S/C9H6ClF6NO3S2/c1-21(18,8(11,12)13)7(22(19,20)9(14,15)16)6-3-2-5(10)4-17-6/h2-4,7H,1H2. The Morgan fingerprint density at radius 2 is 1.55 bits per heavy atom. The topological polar surface area (TPSA) is 64.1 Å². The second kappa shape index (κ2) is 5.57. The summed E-state index contributed by atoms with van der Waals surface area (Å²) in [5.41, 5.74) is -13.1. The first-order valence-electron chi connectivity index (χ1n) is 4.96. The molecule has 0 aliphatic rings. The normalized spacial score (nSPS) is 17.8. The third-order valence-electron chi connectivity index (χ3n) is 2.33. The number of hydrogen-bond donors (Lipinski definition) is 0.